The van der Waals surface area contributed by atoms with Crippen molar-refractivity contribution in [3.05, 3.63) is 54.6 Å². The van der Waals surface area contributed by atoms with E-state index in [2.05, 4.69) is 31.4 Å². The number of hydrogen-bond acceptors (Lipinski definition) is 1. The second-order valence-corrected chi connectivity index (χ2v) is 6.83. The SMILES string of the molecule is C=CCc1cccc([Si]2CCCCO2)c1CC=C. The van der Waals surface area contributed by atoms with Gasteiger partial charge in [0.2, 0.25) is 9.04 Å². The summed E-state index contributed by atoms with van der Waals surface area (Å²) >= 11 is 0. The van der Waals surface area contributed by atoms with Gasteiger partial charge in [0.1, 0.15) is 0 Å². The van der Waals surface area contributed by atoms with Gasteiger partial charge in [0.25, 0.3) is 0 Å². The van der Waals surface area contributed by atoms with Crippen molar-refractivity contribution in [3.8, 4) is 0 Å². The Bertz CT molecular complexity index is 419. The number of rotatable bonds is 5. The van der Waals surface area contributed by atoms with Crippen molar-refractivity contribution >= 4 is 14.2 Å². The third-order valence-electron chi connectivity index (χ3n) is 3.36. The first-order chi connectivity index (χ1) is 8.86. The van der Waals surface area contributed by atoms with E-state index in [0.717, 1.165) is 19.4 Å². The van der Waals surface area contributed by atoms with Crippen LogP contribution in [0.25, 0.3) is 0 Å². The fourth-order valence-electron chi connectivity index (χ4n) is 2.50. The van der Waals surface area contributed by atoms with Gasteiger partial charge in [-0.15, -0.1) is 13.2 Å². The molecule has 0 amide bonds. The van der Waals surface area contributed by atoms with Crippen molar-refractivity contribution in [1.29, 1.82) is 0 Å². The fraction of sp³-hybridized carbons (Fsp3) is 0.375. The Balaban J connectivity index is 2.34. The molecule has 1 fully saturated rings. The first-order valence-corrected chi connectivity index (χ1v) is 8.30. The van der Waals surface area contributed by atoms with Gasteiger partial charge >= 0.3 is 0 Å². The molecule has 1 radical (unpaired) electrons. The molecule has 1 aromatic rings. The standard InChI is InChI=1S/C16H21OSi/c1-3-8-14-10-7-11-16(15(14)9-4-2)18-13-6-5-12-17-18/h3-4,7,10-11H,1-2,5-6,8-9,12-13H2. The number of benzene rings is 1. The molecule has 0 atom stereocenters. The van der Waals surface area contributed by atoms with Gasteiger partial charge in [0, 0.05) is 6.61 Å². The van der Waals surface area contributed by atoms with Gasteiger partial charge in [0.05, 0.1) is 0 Å². The van der Waals surface area contributed by atoms with E-state index in [-0.39, 0.29) is 0 Å². The van der Waals surface area contributed by atoms with Crippen LogP contribution in [0.2, 0.25) is 6.04 Å². The molecule has 1 heterocycles. The second kappa shape index (κ2) is 6.71. The molecule has 18 heavy (non-hydrogen) atoms. The molecule has 1 aliphatic heterocycles. The van der Waals surface area contributed by atoms with Gasteiger partial charge in [0.15, 0.2) is 0 Å². The lowest BCUT2D eigenvalue weighted by Gasteiger charge is -2.23. The summed E-state index contributed by atoms with van der Waals surface area (Å²) in [6, 6.07) is 7.86. The molecule has 0 aromatic heterocycles. The summed E-state index contributed by atoms with van der Waals surface area (Å²) < 4.78 is 6.03. The van der Waals surface area contributed by atoms with E-state index in [1.807, 2.05) is 12.2 Å². The summed E-state index contributed by atoms with van der Waals surface area (Å²) in [5.41, 5.74) is 2.82. The van der Waals surface area contributed by atoms with Gasteiger partial charge in [-0.25, -0.2) is 0 Å². The van der Waals surface area contributed by atoms with E-state index in [4.69, 9.17) is 4.43 Å². The van der Waals surface area contributed by atoms with Crippen LogP contribution in [0.5, 0.6) is 0 Å². The van der Waals surface area contributed by atoms with Crippen LogP contribution in [-0.2, 0) is 17.3 Å². The van der Waals surface area contributed by atoms with Gasteiger partial charge in [-0.05, 0) is 41.6 Å². The van der Waals surface area contributed by atoms with Crippen LogP contribution < -0.4 is 5.19 Å². The molecular weight excluding hydrogens is 236 g/mol. The minimum atomic E-state index is -0.799. The van der Waals surface area contributed by atoms with E-state index in [1.165, 1.54) is 35.2 Å². The molecule has 1 aromatic carbocycles. The van der Waals surface area contributed by atoms with E-state index < -0.39 is 9.04 Å². The molecule has 0 unspecified atom stereocenters. The first-order valence-electron chi connectivity index (χ1n) is 6.68. The summed E-state index contributed by atoms with van der Waals surface area (Å²) in [6.45, 7) is 8.68. The van der Waals surface area contributed by atoms with Crippen molar-refractivity contribution < 1.29 is 4.43 Å². The molecule has 0 aliphatic carbocycles. The average molecular weight is 257 g/mol. The summed E-state index contributed by atoms with van der Waals surface area (Å²) in [7, 11) is -0.799. The van der Waals surface area contributed by atoms with Crippen molar-refractivity contribution in [2.24, 2.45) is 0 Å². The van der Waals surface area contributed by atoms with E-state index >= 15 is 0 Å². The summed E-state index contributed by atoms with van der Waals surface area (Å²) in [4.78, 5) is 0. The lowest BCUT2D eigenvalue weighted by Crippen LogP contribution is -2.39. The predicted molar refractivity (Wildman–Crippen MR) is 79.6 cm³/mol. The quantitative estimate of drug-likeness (QED) is 0.581. The molecule has 0 spiro atoms. The van der Waals surface area contributed by atoms with Crippen LogP contribution in [0.4, 0.5) is 0 Å². The van der Waals surface area contributed by atoms with Gasteiger partial charge in [-0.1, -0.05) is 36.8 Å². The largest absolute Gasteiger partial charge is 0.412 e. The number of allylic oxidation sites excluding steroid dienone is 2. The highest BCUT2D eigenvalue weighted by Gasteiger charge is 2.23. The number of hydrogen-bond donors (Lipinski definition) is 0. The van der Waals surface area contributed by atoms with Crippen LogP contribution in [0.1, 0.15) is 24.0 Å². The molecule has 2 rings (SSSR count). The molecule has 1 aliphatic rings. The molecular formula is C16H21OSi. The lowest BCUT2D eigenvalue weighted by atomic mass is 10.0. The topological polar surface area (TPSA) is 9.23 Å². The molecule has 0 bridgehead atoms. The zero-order valence-electron chi connectivity index (χ0n) is 11.0. The highest BCUT2D eigenvalue weighted by molar-refractivity contribution is 6.68. The highest BCUT2D eigenvalue weighted by atomic mass is 28.3. The minimum absolute atomic E-state index is 0.799. The van der Waals surface area contributed by atoms with E-state index in [1.54, 1.807) is 0 Å². The Morgan fingerprint density at radius 3 is 2.67 bits per heavy atom. The third-order valence-corrected chi connectivity index (χ3v) is 5.79. The third kappa shape index (κ3) is 3.00. The van der Waals surface area contributed by atoms with Crippen LogP contribution >= 0.6 is 0 Å². The fourth-order valence-corrected chi connectivity index (χ4v) is 4.91. The van der Waals surface area contributed by atoms with Crippen molar-refractivity contribution in [1.82, 2.24) is 0 Å². The maximum atomic E-state index is 6.03. The van der Waals surface area contributed by atoms with Crippen LogP contribution in [-0.4, -0.2) is 15.6 Å². The Kier molecular flexibility index (Phi) is 4.97. The molecule has 0 saturated carbocycles. The minimum Gasteiger partial charge on any atom is -0.412 e. The zero-order valence-corrected chi connectivity index (χ0v) is 12.0. The van der Waals surface area contributed by atoms with Crippen LogP contribution in [0.15, 0.2) is 43.5 Å². The smallest absolute Gasteiger partial charge is 0.247 e. The molecule has 1 nitrogen and oxygen atoms in total. The van der Waals surface area contributed by atoms with Gasteiger partial charge in [-0.2, -0.15) is 0 Å². The molecule has 0 N–H and O–H groups in total. The monoisotopic (exact) mass is 257 g/mol. The van der Waals surface area contributed by atoms with Crippen molar-refractivity contribution in [3.63, 3.8) is 0 Å². The normalized spacial score (nSPS) is 16.4. The second-order valence-electron chi connectivity index (χ2n) is 4.66. The first kappa shape index (κ1) is 13.3. The van der Waals surface area contributed by atoms with Crippen LogP contribution in [0, 0.1) is 0 Å². The van der Waals surface area contributed by atoms with Gasteiger partial charge < -0.3 is 4.43 Å². The molecule has 95 valence electrons. The van der Waals surface area contributed by atoms with E-state index in [9.17, 15) is 0 Å². The Morgan fingerprint density at radius 2 is 2.00 bits per heavy atom. The predicted octanol–water partition coefficient (Wildman–Crippen LogP) is 3.15. The Hall–Kier alpha value is -1.12. The maximum absolute atomic E-state index is 6.03. The Labute approximate surface area is 112 Å². The molecule has 1 saturated heterocycles. The summed E-state index contributed by atoms with van der Waals surface area (Å²) in [5, 5.41) is 1.46. The summed E-state index contributed by atoms with van der Waals surface area (Å²) in [6.07, 6.45) is 8.38. The zero-order chi connectivity index (χ0) is 12.8. The highest BCUT2D eigenvalue weighted by Crippen LogP contribution is 2.16. The average Bonchev–Trinajstić information content (AvgIpc) is 2.42. The Morgan fingerprint density at radius 1 is 1.17 bits per heavy atom. The van der Waals surface area contributed by atoms with Crippen molar-refractivity contribution in [2.45, 2.75) is 31.7 Å². The van der Waals surface area contributed by atoms with Crippen molar-refractivity contribution in [2.75, 3.05) is 6.61 Å². The molecule has 2 heteroatoms. The van der Waals surface area contributed by atoms with E-state index in [0.29, 0.717) is 0 Å². The van der Waals surface area contributed by atoms with Crippen LogP contribution in [0.3, 0.4) is 0 Å². The van der Waals surface area contributed by atoms with Gasteiger partial charge in [-0.3, -0.25) is 0 Å². The maximum Gasteiger partial charge on any atom is 0.247 e. The lowest BCUT2D eigenvalue weighted by molar-refractivity contribution is 0.294. The summed E-state index contributed by atoms with van der Waals surface area (Å²) in [5.74, 6) is 0.